The van der Waals surface area contributed by atoms with Crippen LogP contribution in [0.2, 0.25) is 0 Å². The van der Waals surface area contributed by atoms with Crippen LogP contribution in [0.1, 0.15) is 24.5 Å². The Balaban J connectivity index is 1.31. The van der Waals surface area contributed by atoms with E-state index < -0.39 is 0 Å². The second kappa shape index (κ2) is 8.23. The maximum absolute atomic E-state index is 6.56. The summed E-state index contributed by atoms with van der Waals surface area (Å²) in [4.78, 5) is 19.9. The first-order chi connectivity index (χ1) is 18.1. The van der Waals surface area contributed by atoms with Gasteiger partial charge in [-0.15, -0.1) is 0 Å². The summed E-state index contributed by atoms with van der Waals surface area (Å²) in [5.41, 5.74) is 14.3. The number of ether oxygens (including phenoxy) is 1. The van der Waals surface area contributed by atoms with Crippen molar-refractivity contribution in [3.05, 3.63) is 66.2 Å². The van der Waals surface area contributed by atoms with Gasteiger partial charge < -0.3 is 25.0 Å². The van der Waals surface area contributed by atoms with Gasteiger partial charge in [0.25, 0.3) is 0 Å². The third-order valence-corrected chi connectivity index (χ3v) is 7.28. The molecule has 0 spiro atoms. The summed E-state index contributed by atoms with van der Waals surface area (Å²) in [7, 11) is 0. The van der Waals surface area contributed by atoms with Crippen LogP contribution in [0, 0.1) is 6.92 Å². The van der Waals surface area contributed by atoms with Crippen LogP contribution in [0.25, 0.3) is 54.8 Å². The van der Waals surface area contributed by atoms with Crippen molar-refractivity contribution in [3.8, 4) is 5.75 Å². The second-order valence-electron chi connectivity index (χ2n) is 9.65. The number of H-pyrrole nitrogens is 2. The average molecular weight is 490 g/mol. The van der Waals surface area contributed by atoms with Gasteiger partial charge in [0.1, 0.15) is 11.8 Å². The molecule has 8 heteroatoms. The van der Waals surface area contributed by atoms with E-state index in [0.29, 0.717) is 24.6 Å². The van der Waals surface area contributed by atoms with Gasteiger partial charge in [-0.1, -0.05) is 24.6 Å². The zero-order valence-corrected chi connectivity index (χ0v) is 20.8. The monoisotopic (exact) mass is 489 g/mol. The van der Waals surface area contributed by atoms with Gasteiger partial charge in [-0.3, -0.25) is 0 Å². The third-order valence-electron chi connectivity index (χ3n) is 7.28. The van der Waals surface area contributed by atoms with Crippen molar-refractivity contribution in [3.63, 3.8) is 0 Å². The topological polar surface area (TPSA) is 110 Å². The Hall–Kier alpha value is -4.59. The zero-order valence-electron chi connectivity index (χ0n) is 20.8. The van der Waals surface area contributed by atoms with Gasteiger partial charge in [-0.05, 0) is 55.7 Å². The number of hydrogen-bond donors (Lipinski definition) is 3. The first kappa shape index (κ1) is 21.7. The molecule has 0 aliphatic rings. The number of aromatic nitrogens is 6. The highest BCUT2D eigenvalue weighted by Gasteiger charge is 2.18. The van der Waals surface area contributed by atoms with Gasteiger partial charge in [0, 0.05) is 39.1 Å². The zero-order chi connectivity index (χ0) is 25.1. The summed E-state index contributed by atoms with van der Waals surface area (Å²) in [5, 5.41) is 4.79. The molecule has 4 heterocycles. The van der Waals surface area contributed by atoms with E-state index in [4.69, 9.17) is 10.5 Å². The molecule has 4 N–H and O–H groups in total. The van der Waals surface area contributed by atoms with Crippen molar-refractivity contribution < 1.29 is 4.74 Å². The maximum atomic E-state index is 6.56. The van der Waals surface area contributed by atoms with Crippen LogP contribution in [-0.2, 0) is 13.0 Å². The molecular formula is C29H27N7O. The molecule has 0 fully saturated rings. The van der Waals surface area contributed by atoms with Crippen LogP contribution >= 0.6 is 0 Å². The molecule has 0 unspecified atom stereocenters. The van der Waals surface area contributed by atoms with Gasteiger partial charge in [0.2, 0.25) is 0 Å². The fourth-order valence-corrected chi connectivity index (χ4v) is 5.39. The summed E-state index contributed by atoms with van der Waals surface area (Å²) in [6.07, 6.45) is 4.98. The lowest BCUT2D eigenvalue weighted by molar-refractivity contribution is 0.308. The number of nitrogens with two attached hydrogens (primary N) is 1. The van der Waals surface area contributed by atoms with Gasteiger partial charge in [-0.2, -0.15) is 0 Å². The molecule has 4 aromatic heterocycles. The van der Waals surface area contributed by atoms with Crippen molar-refractivity contribution in [2.75, 3.05) is 12.3 Å². The van der Waals surface area contributed by atoms with Crippen LogP contribution in [0.5, 0.6) is 5.75 Å². The van der Waals surface area contributed by atoms with E-state index in [0.717, 1.165) is 46.2 Å². The Kier molecular flexibility index (Phi) is 4.82. The first-order valence-electron chi connectivity index (χ1n) is 12.6. The summed E-state index contributed by atoms with van der Waals surface area (Å²) in [5.74, 6) is 1.29. The van der Waals surface area contributed by atoms with Crippen molar-refractivity contribution in [2.45, 2.75) is 33.2 Å². The predicted octanol–water partition coefficient (Wildman–Crippen LogP) is 6.02. The standard InChI is InChI=1S/C29H27N7O/c1-3-17-6-8-23-19(12-17)21-13-20-18-11-16(2)5-7-22(18)34-24(20)27(25(21)35-23)37-10-4-9-36-15-33-29-26(36)28(30)31-14-32-29/h5-8,11-15,34-35H,3-4,9-10H2,1-2H3,(H2,30,31,32). The van der Waals surface area contributed by atoms with E-state index in [1.807, 2.05) is 4.57 Å². The molecule has 37 heavy (non-hydrogen) atoms. The quantitative estimate of drug-likeness (QED) is 0.248. The fourth-order valence-electron chi connectivity index (χ4n) is 5.39. The lowest BCUT2D eigenvalue weighted by Gasteiger charge is -2.10. The molecule has 7 aromatic rings. The Morgan fingerprint density at radius 1 is 0.892 bits per heavy atom. The second-order valence-corrected chi connectivity index (χ2v) is 9.65. The molecule has 0 aliphatic carbocycles. The predicted molar refractivity (Wildman–Crippen MR) is 149 cm³/mol. The normalized spacial score (nSPS) is 12.1. The lowest BCUT2D eigenvalue weighted by atomic mass is 10.0. The number of aromatic amines is 2. The number of benzene rings is 3. The summed E-state index contributed by atoms with van der Waals surface area (Å²) >= 11 is 0. The van der Waals surface area contributed by atoms with E-state index in [2.05, 4.69) is 81.2 Å². The lowest BCUT2D eigenvalue weighted by Crippen LogP contribution is -2.06. The van der Waals surface area contributed by atoms with Gasteiger partial charge in [0.05, 0.1) is 24.0 Å². The van der Waals surface area contributed by atoms with Crippen LogP contribution in [0.3, 0.4) is 0 Å². The molecule has 0 saturated carbocycles. The Morgan fingerprint density at radius 3 is 2.43 bits per heavy atom. The Bertz CT molecular complexity index is 1960. The Labute approximate surface area is 212 Å². The van der Waals surface area contributed by atoms with Gasteiger partial charge >= 0.3 is 0 Å². The van der Waals surface area contributed by atoms with E-state index >= 15 is 0 Å². The molecule has 0 amide bonds. The molecular weight excluding hydrogens is 462 g/mol. The van der Waals surface area contributed by atoms with Crippen molar-refractivity contribution in [1.82, 2.24) is 29.5 Å². The number of fused-ring (bicyclic) bond motifs is 7. The molecule has 0 radical (unpaired) electrons. The summed E-state index contributed by atoms with van der Waals surface area (Å²) < 4.78 is 8.55. The molecule has 0 bridgehead atoms. The first-order valence-corrected chi connectivity index (χ1v) is 12.6. The highest BCUT2D eigenvalue weighted by Crippen LogP contribution is 2.41. The average Bonchev–Trinajstić information content (AvgIpc) is 3.59. The van der Waals surface area contributed by atoms with Crippen LogP contribution in [-0.4, -0.2) is 36.1 Å². The number of nitrogens with zero attached hydrogens (tertiary/aromatic N) is 4. The number of anilines is 1. The molecule has 8 nitrogen and oxygen atoms in total. The third kappa shape index (κ3) is 3.40. The number of nitrogen functional groups attached to an aromatic ring is 1. The molecule has 0 saturated heterocycles. The van der Waals surface area contributed by atoms with Crippen molar-refractivity contribution in [1.29, 1.82) is 0 Å². The van der Waals surface area contributed by atoms with E-state index in [1.54, 1.807) is 6.33 Å². The molecule has 0 aliphatic heterocycles. The SMILES string of the molecule is CCc1ccc2[nH]c3c(OCCCn4cnc5ncnc(N)c54)c4[nH]c5ccc(C)cc5c4cc3c2c1. The molecule has 0 atom stereocenters. The Morgan fingerprint density at radius 2 is 1.65 bits per heavy atom. The number of hydrogen-bond acceptors (Lipinski definition) is 5. The molecule has 7 rings (SSSR count). The number of aryl methyl sites for hydroxylation is 3. The highest BCUT2D eigenvalue weighted by atomic mass is 16.5. The maximum Gasteiger partial charge on any atom is 0.182 e. The fraction of sp³-hybridized carbons (Fsp3) is 0.207. The molecule has 3 aromatic carbocycles. The summed E-state index contributed by atoms with van der Waals surface area (Å²) in [6, 6.07) is 15.5. The summed E-state index contributed by atoms with van der Waals surface area (Å²) in [6.45, 7) is 5.55. The highest BCUT2D eigenvalue weighted by molar-refractivity contribution is 6.20. The van der Waals surface area contributed by atoms with E-state index in [9.17, 15) is 0 Å². The smallest absolute Gasteiger partial charge is 0.182 e. The minimum Gasteiger partial charge on any atom is -0.489 e. The van der Waals surface area contributed by atoms with Gasteiger partial charge in [0.15, 0.2) is 17.2 Å². The van der Waals surface area contributed by atoms with E-state index in [-0.39, 0.29) is 0 Å². The minimum atomic E-state index is 0.438. The largest absolute Gasteiger partial charge is 0.489 e. The van der Waals surface area contributed by atoms with Crippen molar-refractivity contribution in [2.24, 2.45) is 0 Å². The van der Waals surface area contributed by atoms with Crippen LogP contribution < -0.4 is 10.5 Å². The van der Waals surface area contributed by atoms with Crippen LogP contribution in [0.4, 0.5) is 5.82 Å². The number of nitrogens with one attached hydrogen (secondary N) is 2. The number of rotatable bonds is 6. The number of imidazole rings is 1. The van der Waals surface area contributed by atoms with E-state index in [1.165, 1.54) is 39.0 Å². The van der Waals surface area contributed by atoms with Crippen molar-refractivity contribution >= 4 is 60.6 Å². The van der Waals surface area contributed by atoms with Crippen LogP contribution in [0.15, 0.2) is 55.1 Å². The minimum absolute atomic E-state index is 0.438. The molecule has 184 valence electrons. The van der Waals surface area contributed by atoms with Gasteiger partial charge in [-0.25, -0.2) is 15.0 Å².